The summed E-state index contributed by atoms with van der Waals surface area (Å²) < 4.78 is 7.39. The Morgan fingerprint density at radius 2 is 1.97 bits per heavy atom. The smallest absolute Gasteiger partial charge is 0.108 e. The molecule has 4 N–H and O–H groups in total. The number of nitrogens with two attached hydrogens (primary N) is 1. The van der Waals surface area contributed by atoms with Crippen molar-refractivity contribution in [2.24, 2.45) is 5.73 Å². The van der Waals surface area contributed by atoms with Gasteiger partial charge in [-0.15, -0.1) is 0 Å². The molecule has 2 aromatic heterocycles. The van der Waals surface area contributed by atoms with Gasteiger partial charge in [0, 0.05) is 30.3 Å². The molecule has 0 fully saturated rings. The van der Waals surface area contributed by atoms with E-state index in [0.717, 1.165) is 34.0 Å². The minimum Gasteiger partial charge on any atom is -0.375 e. The van der Waals surface area contributed by atoms with Gasteiger partial charge in [0.2, 0.25) is 0 Å². The van der Waals surface area contributed by atoms with E-state index in [4.69, 9.17) is 10.5 Å². The normalized spacial score (nSPS) is 11.0. The second-order valence-electron chi connectivity index (χ2n) is 6.90. The van der Waals surface area contributed by atoms with Crippen LogP contribution in [0.15, 0.2) is 73.1 Å². The number of nitrogens with one attached hydrogen (secondary N) is 2. The van der Waals surface area contributed by atoms with Gasteiger partial charge in [0.25, 0.3) is 0 Å². The molecule has 29 heavy (non-hydrogen) atoms. The highest BCUT2D eigenvalue weighted by Gasteiger charge is 2.06. The van der Waals surface area contributed by atoms with E-state index in [9.17, 15) is 0 Å². The van der Waals surface area contributed by atoms with Crippen LogP contribution in [0.1, 0.15) is 11.1 Å². The van der Waals surface area contributed by atoms with Crippen LogP contribution in [-0.2, 0) is 11.3 Å². The highest BCUT2D eigenvalue weighted by atomic mass is 16.5. The molecule has 4 rings (SSSR count). The largest absolute Gasteiger partial charge is 0.375 e. The maximum absolute atomic E-state index is 5.55. The third-order valence-electron chi connectivity index (χ3n) is 4.74. The van der Waals surface area contributed by atoms with Crippen molar-refractivity contribution in [2.45, 2.75) is 13.5 Å². The summed E-state index contributed by atoms with van der Waals surface area (Å²) in [6, 6.07) is 20.6. The summed E-state index contributed by atoms with van der Waals surface area (Å²) in [5.41, 5.74) is 12.0. The molecule has 6 nitrogen and oxygen atoms in total. The number of H-pyrrole nitrogens is 1. The summed E-state index contributed by atoms with van der Waals surface area (Å²) >= 11 is 0. The summed E-state index contributed by atoms with van der Waals surface area (Å²) in [7, 11) is 0. The van der Waals surface area contributed by atoms with E-state index in [1.54, 1.807) is 6.20 Å². The molecule has 0 aliphatic carbocycles. The van der Waals surface area contributed by atoms with Crippen LogP contribution in [0.5, 0.6) is 0 Å². The summed E-state index contributed by atoms with van der Waals surface area (Å²) in [5, 5.41) is 7.74. The van der Waals surface area contributed by atoms with Crippen LogP contribution in [0.3, 0.4) is 0 Å². The van der Waals surface area contributed by atoms with Crippen molar-refractivity contribution in [3.8, 4) is 16.9 Å². The number of anilines is 2. The number of nitrogens with zero attached hydrogens (tertiary/aromatic N) is 2. The molecule has 0 radical (unpaired) electrons. The van der Waals surface area contributed by atoms with E-state index >= 15 is 0 Å². The van der Waals surface area contributed by atoms with Gasteiger partial charge in [0.05, 0.1) is 18.9 Å². The zero-order valence-corrected chi connectivity index (χ0v) is 16.4. The van der Waals surface area contributed by atoms with Gasteiger partial charge in [0.1, 0.15) is 5.82 Å². The van der Waals surface area contributed by atoms with Gasteiger partial charge in [-0.05, 0) is 60.0 Å². The Kier molecular flexibility index (Phi) is 5.74. The van der Waals surface area contributed by atoms with E-state index in [2.05, 4.69) is 70.9 Å². The first-order valence-corrected chi connectivity index (χ1v) is 9.67. The molecule has 0 spiro atoms. The number of aryl methyl sites for hydroxylation is 1. The molecule has 4 aromatic rings. The molecular formula is C23H25N5O. The first-order chi connectivity index (χ1) is 14.2. The third kappa shape index (κ3) is 4.56. The Balaban J connectivity index is 1.47. The van der Waals surface area contributed by atoms with E-state index < -0.39 is 0 Å². The van der Waals surface area contributed by atoms with Gasteiger partial charge in [0.15, 0.2) is 0 Å². The van der Waals surface area contributed by atoms with Crippen molar-refractivity contribution in [3.05, 3.63) is 84.2 Å². The van der Waals surface area contributed by atoms with Crippen LogP contribution in [0.2, 0.25) is 0 Å². The lowest BCUT2D eigenvalue weighted by molar-refractivity contribution is 0.128. The molecule has 0 amide bonds. The average Bonchev–Trinajstić information content (AvgIpc) is 3.43. The summed E-state index contributed by atoms with van der Waals surface area (Å²) in [5.74, 6) is 0.944. The maximum atomic E-state index is 5.55. The van der Waals surface area contributed by atoms with Gasteiger partial charge in [-0.3, -0.25) is 0 Å². The quantitative estimate of drug-likeness (QED) is 0.392. The lowest BCUT2D eigenvalue weighted by atomic mass is 10.1. The molecule has 0 atom stereocenters. The van der Waals surface area contributed by atoms with Crippen LogP contribution in [-0.4, -0.2) is 27.9 Å². The molecule has 2 aromatic carbocycles. The molecule has 6 heteroatoms. The molecular weight excluding hydrogens is 362 g/mol. The van der Waals surface area contributed by atoms with Crippen molar-refractivity contribution in [3.63, 3.8) is 0 Å². The van der Waals surface area contributed by atoms with Crippen molar-refractivity contribution in [1.29, 1.82) is 0 Å². The molecule has 0 aliphatic rings. The number of hydrogen-bond acceptors (Lipinski definition) is 4. The number of hydrogen-bond donors (Lipinski definition) is 3. The molecule has 0 saturated carbocycles. The van der Waals surface area contributed by atoms with Crippen LogP contribution in [0, 0.1) is 6.92 Å². The van der Waals surface area contributed by atoms with E-state index in [1.165, 1.54) is 5.56 Å². The Bertz CT molecular complexity index is 1050. The van der Waals surface area contributed by atoms with Crippen molar-refractivity contribution in [2.75, 3.05) is 18.5 Å². The molecule has 148 valence electrons. The minimum atomic E-state index is 0.533. The van der Waals surface area contributed by atoms with Gasteiger partial charge >= 0.3 is 0 Å². The van der Waals surface area contributed by atoms with Crippen molar-refractivity contribution < 1.29 is 4.74 Å². The Morgan fingerprint density at radius 3 is 2.72 bits per heavy atom. The first kappa shape index (κ1) is 19.0. The predicted octanol–water partition coefficient (Wildman–Crippen LogP) is 4.39. The lowest BCUT2D eigenvalue weighted by Gasteiger charge is -2.11. The minimum absolute atomic E-state index is 0.533. The second-order valence-corrected chi connectivity index (χ2v) is 6.90. The summed E-state index contributed by atoms with van der Waals surface area (Å²) in [4.78, 5) is 3.45. The fourth-order valence-electron chi connectivity index (χ4n) is 3.16. The van der Waals surface area contributed by atoms with Crippen molar-refractivity contribution in [1.82, 2.24) is 14.8 Å². The SMILES string of the molecule is Cc1ccc(COCCN)cc1Nc1ccc(-c2ccc(-n3cccn3)cc2)[nH]1. The highest BCUT2D eigenvalue weighted by molar-refractivity contribution is 5.68. The number of ether oxygens (including phenoxy) is 1. The van der Waals surface area contributed by atoms with Crippen LogP contribution >= 0.6 is 0 Å². The second kappa shape index (κ2) is 8.77. The molecule has 0 bridgehead atoms. The number of aromatic nitrogens is 3. The highest BCUT2D eigenvalue weighted by Crippen LogP contribution is 2.26. The fraction of sp³-hybridized carbons (Fsp3) is 0.174. The Hall–Kier alpha value is -3.35. The Morgan fingerprint density at radius 1 is 1.10 bits per heavy atom. The van der Waals surface area contributed by atoms with Crippen LogP contribution in [0.25, 0.3) is 16.9 Å². The van der Waals surface area contributed by atoms with E-state index in [1.807, 2.05) is 23.0 Å². The zero-order valence-electron chi connectivity index (χ0n) is 16.4. The van der Waals surface area contributed by atoms with Gasteiger partial charge in [-0.2, -0.15) is 5.10 Å². The predicted molar refractivity (Wildman–Crippen MR) is 117 cm³/mol. The van der Waals surface area contributed by atoms with Gasteiger partial charge in [-0.25, -0.2) is 4.68 Å². The lowest BCUT2D eigenvalue weighted by Crippen LogP contribution is -2.08. The van der Waals surface area contributed by atoms with Crippen molar-refractivity contribution >= 4 is 11.5 Å². The summed E-state index contributed by atoms with van der Waals surface area (Å²) in [6.45, 7) is 3.75. The molecule has 0 unspecified atom stereocenters. The fourth-order valence-corrected chi connectivity index (χ4v) is 3.16. The number of aromatic amines is 1. The maximum Gasteiger partial charge on any atom is 0.108 e. The number of rotatable bonds is 8. The molecule has 0 saturated heterocycles. The van der Waals surface area contributed by atoms with Crippen LogP contribution in [0.4, 0.5) is 11.5 Å². The van der Waals surface area contributed by atoms with Gasteiger partial charge in [-0.1, -0.05) is 24.3 Å². The van der Waals surface area contributed by atoms with E-state index in [-0.39, 0.29) is 0 Å². The average molecular weight is 387 g/mol. The summed E-state index contributed by atoms with van der Waals surface area (Å²) in [6.07, 6.45) is 3.71. The zero-order chi connectivity index (χ0) is 20.1. The third-order valence-corrected chi connectivity index (χ3v) is 4.74. The van der Waals surface area contributed by atoms with Gasteiger partial charge < -0.3 is 20.8 Å². The molecule has 0 aliphatic heterocycles. The monoisotopic (exact) mass is 387 g/mol. The molecule has 2 heterocycles. The van der Waals surface area contributed by atoms with E-state index in [0.29, 0.717) is 19.8 Å². The first-order valence-electron chi connectivity index (χ1n) is 9.67. The topological polar surface area (TPSA) is 80.9 Å². The standard InChI is InChI=1S/C23H25N5O/c1-17-3-4-18(16-29-14-11-24)15-22(17)27-23-10-9-21(26-23)19-5-7-20(8-6-19)28-13-2-12-25-28/h2-10,12-13,15,26-27H,11,14,16,24H2,1H3. The number of benzene rings is 2. The Labute approximate surface area is 170 Å². The van der Waals surface area contributed by atoms with Crippen LogP contribution < -0.4 is 11.1 Å².